The van der Waals surface area contributed by atoms with Gasteiger partial charge in [0.15, 0.2) is 0 Å². The van der Waals surface area contributed by atoms with E-state index in [4.69, 9.17) is 3.76 Å². The van der Waals surface area contributed by atoms with E-state index in [2.05, 4.69) is 50.7 Å². The summed E-state index contributed by atoms with van der Waals surface area (Å²) < 4.78 is 6.87. The van der Waals surface area contributed by atoms with Gasteiger partial charge in [0.1, 0.15) is 0 Å². The van der Waals surface area contributed by atoms with Crippen LogP contribution in [0.3, 0.4) is 0 Å². The van der Waals surface area contributed by atoms with Crippen molar-refractivity contribution in [1.29, 1.82) is 0 Å². The molecule has 0 radical (unpaired) electrons. The van der Waals surface area contributed by atoms with Crippen LogP contribution in [0.5, 0.6) is 0 Å². The van der Waals surface area contributed by atoms with Crippen LogP contribution in [0.4, 0.5) is 0 Å². The molecule has 0 atom stereocenters. The van der Waals surface area contributed by atoms with Crippen LogP contribution in [0, 0.1) is 11.8 Å². The molecule has 0 spiro atoms. The molecule has 0 aromatic rings. The first-order valence-electron chi connectivity index (χ1n) is 6.75. The zero-order chi connectivity index (χ0) is 12.8. The van der Waals surface area contributed by atoms with Crippen molar-refractivity contribution in [2.75, 3.05) is 0 Å². The fraction of sp³-hybridized carbons (Fsp3) is 1.00. The van der Waals surface area contributed by atoms with Gasteiger partial charge in [-0.25, -0.2) is 0 Å². The SMILES string of the molecule is CC(C)C1(C(C)C)C[CH2][Ge]([CH3])([CH3])[Ge]([CH3])([CH3])[O]1. The van der Waals surface area contributed by atoms with Gasteiger partial charge in [0.2, 0.25) is 0 Å². The van der Waals surface area contributed by atoms with Gasteiger partial charge in [-0.1, -0.05) is 0 Å². The number of rotatable bonds is 2. The Labute approximate surface area is 106 Å². The van der Waals surface area contributed by atoms with E-state index in [-0.39, 0.29) is 5.60 Å². The van der Waals surface area contributed by atoms with Crippen molar-refractivity contribution in [1.82, 2.24) is 0 Å². The summed E-state index contributed by atoms with van der Waals surface area (Å²) in [4.78, 5) is 0. The van der Waals surface area contributed by atoms with Crippen LogP contribution in [0.1, 0.15) is 34.1 Å². The fourth-order valence-corrected chi connectivity index (χ4v) is 23.1. The van der Waals surface area contributed by atoms with Gasteiger partial charge in [-0.2, -0.15) is 0 Å². The molecular weight excluding hydrogens is 317 g/mol. The van der Waals surface area contributed by atoms with Crippen LogP contribution in [0.15, 0.2) is 0 Å². The molecule has 1 nitrogen and oxygen atoms in total. The predicted molar refractivity (Wildman–Crippen MR) is 77.9 cm³/mol. The molecule has 0 amide bonds. The Morgan fingerprint density at radius 1 is 0.938 bits per heavy atom. The van der Waals surface area contributed by atoms with Crippen molar-refractivity contribution in [2.24, 2.45) is 11.8 Å². The Kier molecular flexibility index (Phi) is 4.36. The fourth-order valence-electron chi connectivity index (χ4n) is 2.95. The van der Waals surface area contributed by atoms with Gasteiger partial charge < -0.3 is 0 Å². The summed E-state index contributed by atoms with van der Waals surface area (Å²) in [5, 5.41) is 1.53. The molecule has 0 unspecified atom stereocenters. The topological polar surface area (TPSA) is 9.23 Å². The molecular formula is C13H30Ge2O. The second-order valence-corrected chi connectivity index (χ2v) is 50.9. The van der Waals surface area contributed by atoms with Gasteiger partial charge in [-0.3, -0.25) is 0 Å². The second kappa shape index (κ2) is 4.62. The van der Waals surface area contributed by atoms with Gasteiger partial charge >= 0.3 is 107 Å². The molecule has 0 bridgehead atoms. The van der Waals surface area contributed by atoms with Gasteiger partial charge in [-0.15, -0.1) is 0 Å². The second-order valence-electron chi connectivity index (χ2n) is 7.26. The summed E-state index contributed by atoms with van der Waals surface area (Å²) in [6, 6.07) is 0. The zero-order valence-electron chi connectivity index (χ0n) is 12.5. The first-order valence-corrected chi connectivity index (χ1v) is 24.0. The third-order valence-corrected chi connectivity index (χ3v) is 56.4. The van der Waals surface area contributed by atoms with E-state index in [0.717, 1.165) is 0 Å². The van der Waals surface area contributed by atoms with Crippen molar-refractivity contribution in [3.05, 3.63) is 0 Å². The third kappa shape index (κ3) is 2.42. The van der Waals surface area contributed by atoms with Crippen molar-refractivity contribution in [2.45, 2.75) is 68.0 Å². The van der Waals surface area contributed by atoms with Crippen LogP contribution in [0.2, 0.25) is 28.3 Å². The molecule has 16 heavy (non-hydrogen) atoms. The molecule has 0 aromatic heterocycles. The summed E-state index contributed by atoms with van der Waals surface area (Å²) in [7, 11) is 0. The molecule has 0 aliphatic carbocycles. The van der Waals surface area contributed by atoms with Crippen LogP contribution in [-0.2, 0) is 3.76 Å². The van der Waals surface area contributed by atoms with Crippen molar-refractivity contribution < 1.29 is 3.76 Å². The molecule has 1 saturated heterocycles. The molecule has 3 heteroatoms. The average Bonchev–Trinajstić information content (AvgIpc) is 2.09. The monoisotopic (exact) mass is 350 g/mol. The Morgan fingerprint density at radius 3 is 1.69 bits per heavy atom. The standard InChI is InChI=1S/C13H30Ge2O/c1-11(2)13(12(3)4)9-10-14(5,6)15(7,8)16-13/h11-12H,9-10H2,1-8H3. The maximum absolute atomic E-state index is 6.87. The van der Waals surface area contributed by atoms with E-state index >= 15 is 0 Å². The Hall–Kier alpha value is 1.05. The first-order chi connectivity index (χ1) is 7.05. The maximum atomic E-state index is 6.87. The van der Waals surface area contributed by atoms with E-state index in [9.17, 15) is 0 Å². The van der Waals surface area contributed by atoms with E-state index < -0.39 is 22.9 Å². The molecule has 1 aliphatic heterocycles. The Morgan fingerprint density at radius 2 is 1.38 bits per heavy atom. The predicted octanol–water partition coefficient (Wildman–Crippen LogP) is 4.45. The molecule has 96 valence electrons. The summed E-state index contributed by atoms with van der Waals surface area (Å²) in [6.07, 6.45) is 1.32. The summed E-state index contributed by atoms with van der Waals surface area (Å²) >= 11 is -3.49. The van der Waals surface area contributed by atoms with Gasteiger partial charge in [0, 0.05) is 0 Å². The molecule has 1 heterocycles. The van der Waals surface area contributed by atoms with Crippen LogP contribution in [0.25, 0.3) is 0 Å². The van der Waals surface area contributed by atoms with Crippen molar-refractivity contribution in [3.8, 4) is 0 Å². The normalized spacial score (nSPS) is 27.4. The van der Waals surface area contributed by atoms with E-state index in [1.54, 1.807) is 0 Å². The van der Waals surface area contributed by atoms with Crippen molar-refractivity contribution >= 4 is 22.9 Å². The molecule has 0 N–H and O–H groups in total. The third-order valence-electron chi connectivity index (χ3n) is 5.17. The summed E-state index contributed by atoms with van der Waals surface area (Å²) in [5.74, 6) is 11.6. The minimum atomic E-state index is -1.93. The van der Waals surface area contributed by atoms with E-state index in [1.807, 2.05) is 0 Å². The van der Waals surface area contributed by atoms with Crippen LogP contribution < -0.4 is 0 Å². The molecule has 1 rings (SSSR count). The Balaban J connectivity index is 3.03. The summed E-state index contributed by atoms with van der Waals surface area (Å²) in [5.41, 5.74) is 0.199. The summed E-state index contributed by atoms with van der Waals surface area (Å²) in [6.45, 7) is 9.40. The van der Waals surface area contributed by atoms with E-state index in [0.29, 0.717) is 11.8 Å². The molecule has 1 fully saturated rings. The number of hydrogen-bond donors (Lipinski definition) is 0. The Bertz CT molecular complexity index is 249. The molecule has 0 saturated carbocycles. The van der Waals surface area contributed by atoms with E-state index in [1.165, 1.54) is 11.7 Å². The molecule has 1 aliphatic rings. The molecule has 0 aromatic carbocycles. The van der Waals surface area contributed by atoms with Gasteiger partial charge in [0.25, 0.3) is 0 Å². The van der Waals surface area contributed by atoms with Gasteiger partial charge in [-0.05, 0) is 0 Å². The zero-order valence-corrected chi connectivity index (χ0v) is 16.7. The average molecular weight is 348 g/mol. The minimum absolute atomic E-state index is 0.199. The van der Waals surface area contributed by atoms with Crippen molar-refractivity contribution in [3.63, 3.8) is 0 Å². The number of hydrogen-bond acceptors (Lipinski definition) is 1. The first kappa shape index (κ1) is 15.1. The quantitative estimate of drug-likeness (QED) is 0.671. The van der Waals surface area contributed by atoms with Crippen LogP contribution >= 0.6 is 0 Å². The van der Waals surface area contributed by atoms with Crippen LogP contribution in [-0.4, -0.2) is 28.5 Å². The van der Waals surface area contributed by atoms with Gasteiger partial charge in [0.05, 0.1) is 0 Å².